The molecular formula is C85H92N6O7. The molecule has 13 heteroatoms. The second kappa shape index (κ2) is 27.3. The van der Waals surface area contributed by atoms with E-state index in [1.54, 1.807) is 4.90 Å². The summed E-state index contributed by atoms with van der Waals surface area (Å²) in [7, 11) is 1.40. The molecule has 14 rings (SSSR count). The van der Waals surface area contributed by atoms with Crippen molar-refractivity contribution in [2.45, 2.75) is 221 Å². The molecule has 0 spiro atoms. The van der Waals surface area contributed by atoms with Crippen LogP contribution in [0.5, 0.6) is 0 Å². The number of allylic oxidation sites excluding steroid dienone is 2. The first-order valence-corrected chi connectivity index (χ1v) is 36.8. The van der Waals surface area contributed by atoms with E-state index in [1.807, 2.05) is 79.7 Å². The zero-order valence-corrected chi connectivity index (χ0v) is 58.7. The largest absolute Gasteiger partial charge is 0.469 e. The van der Waals surface area contributed by atoms with Gasteiger partial charge in [-0.25, -0.2) is 9.88 Å². The van der Waals surface area contributed by atoms with Crippen LogP contribution in [0.1, 0.15) is 285 Å². The van der Waals surface area contributed by atoms with Crippen molar-refractivity contribution in [3.8, 4) is 11.1 Å². The Morgan fingerprint density at radius 2 is 1.06 bits per heavy atom. The molecule has 4 aliphatic heterocycles. The molecule has 0 saturated heterocycles. The average molecular weight is 1310 g/mol. The Morgan fingerprint density at radius 1 is 0.551 bits per heavy atom. The monoisotopic (exact) mass is 1310 g/mol. The number of aromatic nitrogens is 4. The summed E-state index contributed by atoms with van der Waals surface area (Å²) in [4.78, 5) is 110. The third-order valence-electron chi connectivity index (χ3n) is 22.8. The van der Waals surface area contributed by atoms with Gasteiger partial charge in [-0.05, 0) is 167 Å². The molecule has 8 bridgehead atoms. The lowest BCUT2D eigenvalue weighted by atomic mass is 9.82. The number of Topliss-reactive ketones (excluding diaryl/α,β-unsaturated/α-hetero) is 1. The van der Waals surface area contributed by atoms with Gasteiger partial charge in [-0.15, -0.1) is 0 Å². The van der Waals surface area contributed by atoms with Gasteiger partial charge in [0.2, 0.25) is 0 Å². The summed E-state index contributed by atoms with van der Waals surface area (Å²) < 4.78 is 5.21. The zero-order chi connectivity index (χ0) is 68.4. The summed E-state index contributed by atoms with van der Waals surface area (Å²) in [5, 5.41) is 6.31. The van der Waals surface area contributed by atoms with Crippen LogP contribution in [0.2, 0.25) is 0 Å². The highest BCUT2D eigenvalue weighted by atomic mass is 16.5. The molecule has 1 aliphatic carbocycles. The number of amides is 4. The molecule has 2 N–H and O–H groups in total. The van der Waals surface area contributed by atoms with E-state index in [1.165, 1.54) is 89.1 Å². The normalized spacial score (nSPS) is 16.0. The average Bonchev–Trinajstić information content (AvgIpc) is 0.836. The van der Waals surface area contributed by atoms with E-state index in [-0.39, 0.29) is 54.3 Å². The molecule has 0 radical (unpaired) electrons. The number of nitrogens with one attached hydrogen (secondary N) is 2. The quantitative estimate of drug-likeness (QED) is 0.0176. The number of fused-ring (bicyclic) bond motifs is 10. The van der Waals surface area contributed by atoms with Gasteiger partial charge in [0.1, 0.15) is 0 Å². The molecule has 3 aromatic heterocycles. The Morgan fingerprint density at radius 3 is 1.58 bits per heavy atom. The molecule has 9 aromatic rings. The van der Waals surface area contributed by atoms with Crippen LogP contribution in [-0.4, -0.2) is 73.4 Å². The first-order valence-electron chi connectivity index (χ1n) is 36.8. The van der Waals surface area contributed by atoms with Crippen molar-refractivity contribution < 1.29 is 33.5 Å². The maximum atomic E-state index is 15.4. The molecule has 0 fully saturated rings. The standard InChI is InChI=1S/C85H92N6O7/c1-10-14-16-18-20-22-24-26-28-52(29-27-25-23-21-19-17-15-11-2)90-82(94)61-38-34-57-59-36-40-63-77-64(41-37-60(75(59)77)58-35-39-62(83(90)95)76(61)74(57)58)85(97)91(84(63)96)53-32-30-51(31-33-53)73-78-48(6)55(13-4)69(88-78)45-66-47(5)54(12-3)68(86-66)46-67-50(8)72-70(92)44-65(81(72)87-67)80-56(42-43-71(93)98-9)49(7)79(73)89-80/h30-41,45-46,49,52,56,87-88H,10-29,42-44H2,1-9H3/t49-,56-/m0/s1. The number of carbonyl (C=O) groups is 6. The van der Waals surface area contributed by atoms with Gasteiger partial charge in [0.25, 0.3) is 23.6 Å². The first kappa shape index (κ1) is 66.2. The van der Waals surface area contributed by atoms with Crippen LogP contribution in [0.25, 0.3) is 87.4 Å². The fourth-order valence-electron chi connectivity index (χ4n) is 17.5. The van der Waals surface area contributed by atoms with Crippen LogP contribution in [0.4, 0.5) is 5.69 Å². The van der Waals surface area contributed by atoms with Crippen molar-refractivity contribution in [1.82, 2.24) is 24.8 Å². The Bertz CT molecular complexity index is 4840. The van der Waals surface area contributed by atoms with Gasteiger partial charge in [0, 0.05) is 91.5 Å². The van der Waals surface area contributed by atoms with Crippen LogP contribution in [0.3, 0.4) is 0 Å². The van der Waals surface area contributed by atoms with E-state index >= 15 is 19.2 Å². The minimum Gasteiger partial charge on any atom is -0.469 e. The van der Waals surface area contributed by atoms with Gasteiger partial charge in [-0.3, -0.25) is 38.7 Å². The SMILES string of the molecule is CCCCCCCCCCC(CCCCCCCCCC)N1C(=O)c2ccc3c4ccc5c6c(ccc(c7ccc(c2c37)C1=O)c64)C(=O)N(c1ccc(-c2c3nc(c4c6[nH]c(cc7nc(cc8[nH]c2c(C)c8CC)C(C)=C7CC)c(C)c6C(=O)C4)[C@@H](CCC(=O)OC)[C@@H]3C)cc1)C5=O. The predicted molar refractivity (Wildman–Crippen MR) is 396 cm³/mol. The predicted octanol–water partition coefficient (Wildman–Crippen LogP) is 21.0. The summed E-state index contributed by atoms with van der Waals surface area (Å²) in [5.41, 5.74) is 17.4. The number of anilines is 1. The lowest BCUT2D eigenvalue weighted by Gasteiger charge is -2.35. The fourth-order valence-corrected chi connectivity index (χ4v) is 17.5. The Balaban J connectivity index is 0.835. The number of imide groups is 2. The van der Waals surface area contributed by atoms with Crippen LogP contribution in [-0.2, 0) is 22.4 Å². The second-order valence-corrected chi connectivity index (χ2v) is 28.6. The number of H-pyrrole nitrogens is 2. The molecule has 4 amide bonds. The molecule has 13 nitrogen and oxygen atoms in total. The molecule has 0 unspecified atom stereocenters. The molecule has 7 heterocycles. The number of carbonyl (C=O) groups excluding carboxylic acids is 6. The number of rotatable bonds is 26. The number of methoxy groups -OCH3 is 1. The Labute approximate surface area is 574 Å². The van der Waals surface area contributed by atoms with E-state index < -0.39 is 11.8 Å². The smallest absolute Gasteiger partial charge is 0.305 e. The van der Waals surface area contributed by atoms with Crippen molar-refractivity contribution in [3.63, 3.8) is 0 Å². The number of benzene rings is 6. The van der Waals surface area contributed by atoms with E-state index in [2.05, 4.69) is 70.6 Å². The van der Waals surface area contributed by atoms with Crippen LogP contribution >= 0.6 is 0 Å². The number of hydrogen-bond donors (Lipinski definition) is 2. The fraction of sp³-hybridized carbons (Fsp3) is 0.412. The number of esters is 1. The number of aromatic amines is 2. The van der Waals surface area contributed by atoms with Crippen molar-refractivity contribution in [3.05, 3.63) is 158 Å². The molecule has 0 saturated carbocycles. The molecule has 6 aromatic carbocycles. The summed E-state index contributed by atoms with van der Waals surface area (Å²) in [6.07, 6.45) is 22.9. The lowest BCUT2D eigenvalue weighted by molar-refractivity contribution is -0.140. The van der Waals surface area contributed by atoms with Crippen molar-refractivity contribution in [1.29, 1.82) is 0 Å². The minimum absolute atomic E-state index is 0.0181. The summed E-state index contributed by atoms with van der Waals surface area (Å²) in [5.74, 6) is -2.13. The Hall–Kier alpha value is -9.10. The summed E-state index contributed by atoms with van der Waals surface area (Å²) >= 11 is 0. The van der Waals surface area contributed by atoms with E-state index in [0.717, 1.165) is 173 Å². The highest BCUT2D eigenvalue weighted by Crippen LogP contribution is 2.51. The van der Waals surface area contributed by atoms with E-state index in [9.17, 15) is 9.59 Å². The number of nitrogens with zero attached hydrogens (tertiary/aromatic N) is 4. The number of ketones is 1. The maximum absolute atomic E-state index is 15.4. The van der Waals surface area contributed by atoms with Crippen molar-refractivity contribution >= 4 is 117 Å². The van der Waals surface area contributed by atoms with Gasteiger partial charge in [-0.2, -0.15) is 0 Å². The van der Waals surface area contributed by atoms with E-state index in [0.29, 0.717) is 50.7 Å². The first-order chi connectivity index (χ1) is 47.6. The lowest BCUT2D eigenvalue weighted by Crippen LogP contribution is -2.47. The summed E-state index contributed by atoms with van der Waals surface area (Å²) in [6, 6.07) is 27.1. The van der Waals surface area contributed by atoms with Crippen LogP contribution in [0, 0.1) is 13.8 Å². The van der Waals surface area contributed by atoms with Crippen molar-refractivity contribution in [2.75, 3.05) is 12.0 Å². The van der Waals surface area contributed by atoms with Gasteiger partial charge >= 0.3 is 5.97 Å². The third-order valence-corrected chi connectivity index (χ3v) is 22.8. The topological polar surface area (TPSA) is 175 Å². The molecule has 2 atom stereocenters. The van der Waals surface area contributed by atoms with Gasteiger partial charge in [0.15, 0.2) is 5.78 Å². The molecule has 98 heavy (non-hydrogen) atoms. The van der Waals surface area contributed by atoms with Crippen molar-refractivity contribution in [2.24, 2.45) is 0 Å². The second-order valence-electron chi connectivity index (χ2n) is 28.6. The van der Waals surface area contributed by atoms with Crippen LogP contribution < -0.4 is 4.90 Å². The number of unbranched alkanes of at least 4 members (excludes halogenated alkanes) is 14. The summed E-state index contributed by atoms with van der Waals surface area (Å²) in [6.45, 7) is 17.2. The molecular weight excluding hydrogens is 1220 g/mol. The maximum Gasteiger partial charge on any atom is 0.305 e. The Kier molecular flexibility index (Phi) is 18.4. The van der Waals surface area contributed by atoms with Gasteiger partial charge in [-0.1, -0.05) is 174 Å². The number of hydrogen-bond acceptors (Lipinski definition) is 9. The highest BCUT2D eigenvalue weighted by Gasteiger charge is 2.42. The number of aryl methyl sites for hydroxylation is 3. The molecule has 5 aliphatic rings. The number of ether oxygens (including phenoxy) is 1. The minimum atomic E-state index is -0.444. The van der Waals surface area contributed by atoms with E-state index in [4.69, 9.17) is 14.7 Å². The molecule has 504 valence electrons. The third kappa shape index (κ3) is 11.1. The van der Waals surface area contributed by atoms with Gasteiger partial charge in [0.05, 0.1) is 46.6 Å². The van der Waals surface area contributed by atoms with Crippen LogP contribution in [0.15, 0.2) is 84.9 Å². The highest BCUT2D eigenvalue weighted by molar-refractivity contribution is 6.44. The van der Waals surface area contributed by atoms with Gasteiger partial charge < -0.3 is 14.7 Å². The zero-order valence-electron chi connectivity index (χ0n) is 58.7.